The predicted octanol–water partition coefficient (Wildman–Crippen LogP) is 6.81. The fourth-order valence-corrected chi connectivity index (χ4v) is 5.37. The monoisotopic (exact) mass is 464 g/mol. The zero-order valence-corrected chi connectivity index (χ0v) is 21.7. The Bertz CT molecular complexity index is 883. The first-order valence-corrected chi connectivity index (χ1v) is 13.3. The summed E-state index contributed by atoms with van der Waals surface area (Å²) in [6, 6.07) is 8.85. The molecular formula is C31H44O3. The summed E-state index contributed by atoms with van der Waals surface area (Å²) in [6.45, 7) is 8.78. The van der Waals surface area contributed by atoms with E-state index < -0.39 is 0 Å². The van der Waals surface area contributed by atoms with Crippen LogP contribution < -0.4 is 0 Å². The van der Waals surface area contributed by atoms with Crippen molar-refractivity contribution in [2.24, 2.45) is 11.3 Å². The third-order valence-electron chi connectivity index (χ3n) is 8.20. The van der Waals surface area contributed by atoms with Gasteiger partial charge in [-0.25, -0.2) is 0 Å². The summed E-state index contributed by atoms with van der Waals surface area (Å²) in [5.74, 6) is 7.73. The Labute approximate surface area is 207 Å². The third-order valence-corrected chi connectivity index (χ3v) is 8.20. The van der Waals surface area contributed by atoms with Crippen molar-refractivity contribution in [1.82, 2.24) is 0 Å². The second kappa shape index (κ2) is 12.7. The van der Waals surface area contributed by atoms with E-state index in [4.69, 9.17) is 14.6 Å². The topological polar surface area (TPSA) is 38.7 Å². The number of allylic oxidation sites excluding steroid dienone is 2. The summed E-state index contributed by atoms with van der Waals surface area (Å²) < 4.78 is 11.5. The maximum absolute atomic E-state index is 9.03. The number of unbranched alkanes of at least 4 members (excludes halogenated alkanes) is 3. The molecule has 0 bridgehead atoms. The van der Waals surface area contributed by atoms with Crippen LogP contribution in [-0.2, 0) is 9.47 Å². The lowest BCUT2D eigenvalue weighted by Gasteiger charge is -2.56. The first-order valence-electron chi connectivity index (χ1n) is 13.3. The van der Waals surface area contributed by atoms with Crippen molar-refractivity contribution < 1.29 is 14.6 Å². The van der Waals surface area contributed by atoms with Crippen LogP contribution >= 0.6 is 0 Å². The van der Waals surface area contributed by atoms with E-state index >= 15 is 0 Å². The summed E-state index contributed by atoms with van der Waals surface area (Å²) >= 11 is 0. The Kier molecular flexibility index (Phi) is 10.0. The number of aliphatic hydroxyl groups is 1. The molecule has 186 valence electrons. The molecule has 1 spiro atoms. The molecule has 1 aromatic rings. The van der Waals surface area contributed by atoms with E-state index in [0.717, 1.165) is 62.9 Å². The SMILES string of the molecule is CCC(COC)C(CCCCCCO)c1ccc(C#CC2=CCC3(C=C2)OCC3(C)CC)cc1. The van der Waals surface area contributed by atoms with Gasteiger partial charge in [0, 0.05) is 43.3 Å². The van der Waals surface area contributed by atoms with E-state index in [0.29, 0.717) is 18.4 Å². The minimum absolute atomic E-state index is 0.125. The van der Waals surface area contributed by atoms with E-state index in [2.05, 4.69) is 75.1 Å². The molecule has 4 unspecified atom stereocenters. The minimum atomic E-state index is -0.125. The van der Waals surface area contributed by atoms with Gasteiger partial charge in [-0.3, -0.25) is 0 Å². The standard InChI is InChI=1S/C31H44O3/c1-5-27(23-33-4)29(11-9-7-8-10-22-32)28-16-14-25(15-17-28)12-13-26-18-20-31(21-19-26)30(3,6-2)24-34-31/h14-20,27,29,32H,5-11,21-24H2,1-4H3. The fraction of sp³-hybridized carbons (Fsp3) is 0.613. The van der Waals surface area contributed by atoms with Gasteiger partial charge in [0.15, 0.2) is 0 Å². The average Bonchev–Trinajstić information content (AvgIpc) is 2.88. The summed E-state index contributed by atoms with van der Waals surface area (Å²) in [5, 5.41) is 9.03. The Hall–Kier alpha value is -1.86. The number of rotatable bonds is 12. The molecule has 0 radical (unpaired) electrons. The lowest BCUT2D eigenvalue weighted by atomic mass is 9.64. The summed E-state index contributed by atoms with van der Waals surface area (Å²) in [5.41, 5.74) is 3.63. The van der Waals surface area contributed by atoms with Crippen molar-refractivity contribution in [3.8, 4) is 11.8 Å². The van der Waals surface area contributed by atoms with E-state index in [1.54, 1.807) is 7.11 Å². The maximum atomic E-state index is 9.03. The van der Waals surface area contributed by atoms with E-state index in [1.807, 2.05) is 0 Å². The molecule has 1 aromatic carbocycles. The fourth-order valence-electron chi connectivity index (χ4n) is 5.37. The molecule has 1 aliphatic heterocycles. The maximum Gasteiger partial charge on any atom is 0.0976 e. The molecular weight excluding hydrogens is 420 g/mol. The molecule has 0 aromatic heterocycles. The molecule has 3 nitrogen and oxygen atoms in total. The zero-order valence-electron chi connectivity index (χ0n) is 21.7. The van der Waals surface area contributed by atoms with Crippen LogP contribution in [0.2, 0.25) is 0 Å². The highest BCUT2D eigenvalue weighted by molar-refractivity contribution is 5.48. The summed E-state index contributed by atoms with van der Waals surface area (Å²) in [6.07, 6.45) is 15.3. The van der Waals surface area contributed by atoms with E-state index in [1.165, 1.54) is 18.4 Å². The molecule has 1 fully saturated rings. The Morgan fingerprint density at radius 3 is 2.41 bits per heavy atom. The number of aliphatic hydroxyl groups excluding tert-OH is 1. The van der Waals surface area contributed by atoms with Crippen molar-refractivity contribution in [2.75, 3.05) is 26.9 Å². The molecule has 0 saturated carbocycles. The van der Waals surface area contributed by atoms with Gasteiger partial charge in [-0.2, -0.15) is 0 Å². The molecule has 3 heteroatoms. The first-order chi connectivity index (χ1) is 16.5. The second-order valence-electron chi connectivity index (χ2n) is 10.3. The molecule has 1 N–H and O–H groups in total. The summed E-state index contributed by atoms with van der Waals surface area (Å²) in [7, 11) is 1.80. The highest BCUT2D eigenvalue weighted by Crippen LogP contribution is 2.51. The number of ether oxygens (including phenoxy) is 2. The first kappa shape index (κ1) is 26.7. The quantitative estimate of drug-likeness (QED) is 0.273. The van der Waals surface area contributed by atoms with Gasteiger partial charge in [0.2, 0.25) is 0 Å². The lowest BCUT2D eigenvalue weighted by Crippen LogP contribution is -2.60. The summed E-state index contributed by atoms with van der Waals surface area (Å²) in [4.78, 5) is 0. The van der Waals surface area contributed by atoms with Crippen LogP contribution in [0, 0.1) is 23.2 Å². The van der Waals surface area contributed by atoms with Crippen LogP contribution in [0.1, 0.15) is 89.2 Å². The van der Waals surface area contributed by atoms with Gasteiger partial charge >= 0.3 is 0 Å². The van der Waals surface area contributed by atoms with Crippen molar-refractivity contribution in [1.29, 1.82) is 0 Å². The minimum Gasteiger partial charge on any atom is -0.396 e. The molecule has 3 rings (SSSR count). The predicted molar refractivity (Wildman–Crippen MR) is 141 cm³/mol. The highest BCUT2D eigenvalue weighted by Gasteiger charge is 2.54. The Balaban J connectivity index is 1.64. The molecule has 1 saturated heterocycles. The molecule has 4 atom stereocenters. The van der Waals surface area contributed by atoms with Crippen LogP contribution in [0.3, 0.4) is 0 Å². The normalized spacial score (nSPS) is 25.3. The number of hydrogen-bond acceptors (Lipinski definition) is 3. The molecule has 2 aliphatic rings. The van der Waals surface area contributed by atoms with Crippen LogP contribution in [0.25, 0.3) is 0 Å². The van der Waals surface area contributed by atoms with Gasteiger partial charge in [0.1, 0.15) is 0 Å². The van der Waals surface area contributed by atoms with Crippen molar-refractivity contribution in [3.63, 3.8) is 0 Å². The Morgan fingerprint density at radius 1 is 1.09 bits per heavy atom. The van der Waals surface area contributed by atoms with Crippen LogP contribution in [0.5, 0.6) is 0 Å². The number of methoxy groups -OCH3 is 1. The molecule has 1 heterocycles. The van der Waals surface area contributed by atoms with Crippen molar-refractivity contribution in [3.05, 3.63) is 59.2 Å². The van der Waals surface area contributed by atoms with E-state index in [9.17, 15) is 0 Å². The van der Waals surface area contributed by atoms with Crippen LogP contribution in [0.15, 0.2) is 48.1 Å². The molecule has 34 heavy (non-hydrogen) atoms. The molecule has 0 amide bonds. The smallest absolute Gasteiger partial charge is 0.0976 e. The van der Waals surface area contributed by atoms with Crippen LogP contribution in [-0.4, -0.2) is 37.6 Å². The van der Waals surface area contributed by atoms with Gasteiger partial charge in [-0.05, 0) is 54.9 Å². The molecule has 1 aliphatic carbocycles. The average molecular weight is 465 g/mol. The van der Waals surface area contributed by atoms with Gasteiger partial charge in [0.05, 0.1) is 12.2 Å². The van der Waals surface area contributed by atoms with Gasteiger partial charge in [-0.15, -0.1) is 0 Å². The van der Waals surface area contributed by atoms with Gasteiger partial charge < -0.3 is 14.6 Å². The number of benzene rings is 1. The second-order valence-corrected chi connectivity index (χ2v) is 10.3. The lowest BCUT2D eigenvalue weighted by molar-refractivity contribution is -0.231. The number of hydrogen-bond donors (Lipinski definition) is 1. The Morgan fingerprint density at radius 2 is 1.85 bits per heavy atom. The third kappa shape index (κ3) is 6.22. The van der Waals surface area contributed by atoms with Crippen molar-refractivity contribution >= 4 is 0 Å². The van der Waals surface area contributed by atoms with Crippen molar-refractivity contribution in [2.45, 2.75) is 83.7 Å². The zero-order chi connectivity index (χ0) is 24.4. The van der Waals surface area contributed by atoms with E-state index in [-0.39, 0.29) is 11.0 Å². The van der Waals surface area contributed by atoms with Gasteiger partial charge in [-0.1, -0.05) is 82.6 Å². The largest absolute Gasteiger partial charge is 0.396 e. The van der Waals surface area contributed by atoms with Gasteiger partial charge in [0.25, 0.3) is 0 Å². The highest BCUT2D eigenvalue weighted by atomic mass is 16.5. The van der Waals surface area contributed by atoms with Crippen LogP contribution in [0.4, 0.5) is 0 Å².